The third-order valence-electron chi connectivity index (χ3n) is 4.46. The first-order chi connectivity index (χ1) is 13.7. The fraction of sp³-hybridized carbons (Fsp3) is 0.579. The van der Waals surface area contributed by atoms with E-state index < -0.39 is 17.6 Å². The molecule has 1 aromatic carbocycles. The van der Waals surface area contributed by atoms with Gasteiger partial charge in [0, 0.05) is 27.2 Å². The third-order valence-corrected chi connectivity index (χ3v) is 4.46. The molecule has 2 N–H and O–H groups in total. The van der Waals surface area contributed by atoms with Crippen LogP contribution in [0.15, 0.2) is 23.2 Å². The van der Waals surface area contributed by atoms with E-state index in [0.29, 0.717) is 19.2 Å². The van der Waals surface area contributed by atoms with E-state index in [2.05, 4.69) is 15.6 Å². The van der Waals surface area contributed by atoms with E-state index in [0.717, 1.165) is 31.4 Å². The van der Waals surface area contributed by atoms with Crippen molar-refractivity contribution < 1.29 is 27.1 Å². The summed E-state index contributed by atoms with van der Waals surface area (Å²) in [6, 6.07) is 2.48. The van der Waals surface area contributed by atoms with Crippen LogP contribution in [0.4, 0.5) is 17.6 Å². The van der Waals surface area contributed by atoms with Gasteiger partial charge in [-0.1, -0.05) is 6.07 Å². The van der Waals surface area contributed by atoms with Crippen LogP contribution in [0.1, 0.15) is 30.4 Å². The lowest BCUT2D eigenvalue weighted by Gasteiger charge is -2.24. The number of nitrogens with one attached hydrogen (secondary N) is 2. The fourth-order valence-corrected chi connectivity index (χ4v) is 2.79. The second-order valence-electron chi connectivity index (χ2n) is 6.98. The van der Waals surface area contributed by atoms with Gasteiger partial charge in [0.2, 0.25) is 5.91 Å². The van der Waals surface area contributed by atoms with Crippen LogP contribution >= 0.6 is 0 Å². The van der Waals surface area contributed by atoms with Crippen molar-refractivity contribution in [2.45, 2.75) is 38.1 Å². The number of carbonyl (C=O) groups excluding carboxylic acids is 1. The summed E-state index contributed by atoms with van der Waals surface area (Å²) in [5.41, 5.74) is -1.23. The molecule has 0 spiro atoms. The second kappa shape index (κ2) is 10.4. The number of likely N-dealkylation sites (N-methyl/N-ethyl adjacent to an activating group) is 1. The van der Waals surface area contributed by atoms with Crippen LogP contribution in [0.25, 0.3) is 0 Å². The van der Waals surface area contributed by atoms with Crippen LogP contribution in [-0.2, 0) is 22.3 Å². The fourth-order valence-electron chi connectivity index (χ4n) is 2.79. The molecule has 0 aromatic heterocycles. The molecule has 10 heteroatoms. The monoisotopic (exact) mass is 418 g/mol. The quantitative estimate of drug-likeness (QED) is 0.423. The van der Waals surface area contributed by atoms with Gasteiger partial charge in [-0.05, 0) is 37.0 Å². The van der Waals surface area contributed by atoms with E-state index in [1.54, 1.807) is 14.1 Å². The minimum atomic E-state index is -4.69. The summed E-state index contributed by atoms with van der Waals surface area (Å²) in [5.74, 6) is -0.995. The highest BCUT2D eigenvalue weighted by molar-refractivity contribution is 5.86. The Bertz CT molecular complexity index is 717. The van der Waals surface area contributed by atoms with E-state index in [1.807, 2.05) is 0 Å². The molecule has 1 saturated heterocycles. The van der Waals surface area contributed by atoms with Crippen molar-refractivity contribution in [1.82, 2.24) is 15.5 Å². The Hall–Kier alpha value is -2.36. The van der Waals surface area contributed by atoms with Gasteiger partial charge in [-0.15, -0.1) is 0 Å². The first-order valence-corrected chi connectivity index (χ1v) is 9.36. The zero-order valence-corrected chi connectivity index (χ0v) is 16.5. The molecule has 0 aliphatic carbocycles. The zero-order valence-electron chi connectivity index (χ0n) is 16.5. The van der Waals surface area contributed by atoms with Crippen molar-refractivity contribution in [2.75, 3.05) is 33.8 Å². The number of alkyl halides is 3. The highest BCUT2D eigenvalue weighted by Crippen LogP contribution is 2.32. The second-order valence-corrected chi connectivity index (χ2v) is 6.98. The van der Waals surface area contributed by atoms with Crippen LogP contribution in [0.5, 0.6) is 0 Å². The van der Waals surface area contributed by atoms with Crippen LogP contribution < -0.4 is 10.6 Å². The van der Waals surface area contributed by atoms with Gasteiger partial charge in [-0.2, -0.15) is 13.2 Å². The molecule has 1 aromatic rings. The summed E-state index contributed by atoms with van der Waals surface area (Å²) in [5, 5.41) is 5.83. The molecule has 6 nitrogen and oxygen atoms in total. The normalized spacial score (nSPS) is 17.7. The van der Waals surface area contributed by atoms with Crippen LogP contribution in [0.3, 0.4) is 0 Å². The van der Waals surface area contributed by atoms with Gasteiger partial charge in [-0.3, -0.25) is 4.79 Å². The van der Waals surface area contributed by atoms with E-state index in [1.165, 1.54) is 4.90 Å². The number of aliphatic imine (C=N–C) groups is 1. The number of amides is 1. The van der Waals surface area contributed by atoms with Gasteiger partial charge in [0.25, 0.3) is 0 Å². The molecule has 1 fully saturated rings. The first kappa shape index (κ1) is 22.9. The van der Waals surface area contributed by atoms with Crippen molar-refractivity contribution in [2.24, 2.45) is 4.99 Å². The minimum absolute atomic E-state index is 0.0307. The van der Waals surface area contributed by atoms with Crippen molar-refractivity contribution >= 4 is 11.9 Å². The number of carbonyl (C=O) groups is 1. The molecule has 29 heavy (non-hydrogen) atoms. The molecule has 1 unspecified atom stereocenters. The summed E-state index contributed by atoms with van der Waals surface area (Å²) in [6.07, 6.45) is -1.82. The van der Waals surface area contributed by atoms with Gasteiger partial charge in [0.1, 0.15) is 5.82 Å². The number of hydrogen-bond acceptors (Lipinski definition) is 3. The maximum absolute atomic E-state index is 13.3. The minimum Gasteiger partial charge on any atom is -0.376 e. The lowest BCUT2D eigenvalue weighted by Crippen LogP contribution is -2.45. The summed E-state index contributed by atoms with van der Waals surface area (Å²) in [7, 11) is 3.19. The van der Waals surface area contributed by atoms with E-state index in [4.69, 9.17) is 4.74 Å². The molecular weight excluding hydrogens is 392 g/mol. The highest BCUT2D eigenvalue weighted by atomic mass is 19.4. The number of guanidine groups is 1. The summed E-state index contributed by atoms with van der Waals surface area (Å²) in [6.45, 7) is 0.680. The summed E-state index contributed by atoms with van der Waals surface area (Å²) < 4.78 is 58.4. The lowest BCUT2D eigenvalue weighted by atomic mass is 10.1. The molecular formula is C19H26F4N4O2. The van der Waals surface area contributed by atoms with Gasteiger partial charge in [0.15, 0.2) is 5.96 Å². The molecule has 162 valence electrons. The van der Waals surface area contributed by atoms with Crippen molar-refractivity contribution in [1.29, 1.82) is 0 Å². The predicted octanol–water partition coefficient (Wildman–Crippen LogP) is 2.54. The van der Waals surface area contributed by atoms with Crippen LogP contribution in [0.2, 0.25) is 0 Å². The van der Waals surface area contributed by atoms with Crippen molar-refractivity contribution in [3.63, 3.8) is 0 Å². The Balaban J connectivity index is 2.11. The highest BCUT2D eigenvalue weighted by Gasteiger charge is 2.33. The molecule has 1 aliphatic heterocycles. The number of ether oxygens (including phenoxy) is 1. The van der Waals surface area contributed by atoms with Gasteiger partial charge in [-0.25, -0.2) is 9.38 Å². The Morgan fingerprint density at radius 1 is 1.28 bits per heavy atom. The van der Waals surface area contributed by atoms with E-state index >= 15 is 0 Å². The molecule has 1 aliphatic rings. The molecule has 1 atom stereocenters. The number of benzene rings is 1. The number of halogens is 4. The topological polar surface area (TPSA) is 66.0 Å². The number of nitrogens with zero attached hydrogens (tertiary/aromatic N) is 2. The average Bonchev–Trinajstić information content (AvgIpc) is 2.67. The van der Waals surface area contributed by atoms with Crippen LogP contribution in [0, 0.1) is 5.82 Å². The summed E-state index contributed by atoms with van der Waals surface area (Å²) in [4.78, 5) is 17.4. The molecule has 1 amide bonds. The van der Waals surface area contributed by atoms with E-state index in [-0.39, 0.29) is 36.6 Å². The van der Waals surface area contributed by atoms with Crippen molar-refractivity contribution in [3.05, 3.63) is 35.1 Å². The molecule has 0 saturated carbocycles. The Kier molecular flexibility index (Phi) is 8.24. The SMILES string of the molecule is CN(C)C(=O)CNC(=NCc1ccc(F)cc1C(F)(F)F)NCC1CCCCO1. The van der Waals surface area contributed by atoms with Gasteiger partial charge in [0.05, 0.1) is 24.8 Å². The van der Waals surface area contributed by atoms with Crippen molar-refractivity contribution in [3.8, 4) is 0 Å². The maximum Gasteiger partial charge on any atom is 0.416 e. The van der Waals surface area contributed by atoms with E-state index in [9.17, 15) is 22.4 Å². The van der Waals surface area contributed by atoms with Gasteiger partial charge >= 0.3 is 6.18 Å². The summed E-state index contributed by atoms with van der Waals surface area (Å²) >= 11 is 0. The first-order valence-electron chi connectivity index (χ1n) is 9.36. The molecule has 2 rings (SSSR count). The Morgan fingerprint density at radius 2 is 2.03 bits per heavy atom. The standard InChI is InChI=1S/C19H26F4N4O2/c1-27(2)17(28)12-26-18(25-11-15-5-3-4-8-29-15)24-10-13-6-7-14(20)9-16(13)19(21,22)23/h6-7,9,15H,3-5,8,10-12H2,1-2H3,(H2,24,25,26). The average molecular weight is 418 g/mol. The zero-order chi connectivity index (χ0) is 21.4. The largest absolute Gasteiger partial charge is 0.416 e. The van der Waals surface area contributed by atoms with Gasteiger partial charge < -0.3 is 20.3 Å². The molecule has 1 heterocycles. The molecule has 0 radical (unpaired) electrons. The lowest BCUT2D eigenvalue weighted by molar-refractivity contribution is -0.138. The predicted molar refractivity (Wildman–Crippen MR) is 101 cm³/mol. The Labute approximate surface area is 167 Å². The number of hydrogen-bond donors (Lipinski definition) is 2. The maximum atomic E-state index is 13.3. The van der Waals surface area contributed by atoms with Crippen LogP contribution in [-0.4, -0.2) is 56.7 Å². The number of rotatable bonds is 6. The molecule has 0 bridgehead atoms. The Morgan fingerprint density at radius 3 is 2.66 bits per heavy atom. The smallest absolute Gasteiger partial charge is 0.376 e. The third kappa shape index (κ3) is 7.52.